The maximum Gasteiger partial charge on any atom is 0.262 e. The van der Waals surface area contributed by atoms with Gasteiger partial charge >= 0.3 is 0 Å². The monoisotopic (exact) mass is 488 g/mol. The number of aromatic nitrogens is 2. The number of rotatable bonds is 9. The Kier molecular flexibility index (Phi) is 8.49. The number of aryl methyl sites for hydroxylation is 1. The second-order valence-electron chi connectivity index (χ2n) is 7.37. The number of carbonyl (C=O) groups excluding carboxylic acids is 2. The van der Waals surface area contributed by atoms with Gasteiger partial charge in [0.2, 0.25) is 11.8 Å². The molecular formula is C23H25ClN4O4S. The summed E-state index contributed by atoms with van der Waals surface area (Å²) in [5.74, 6) is -0.685. The van der Waals surface area contributed by atoms with Crippen molar-refractivity contribution in [2.45, 2.75) is 25.5 Å². The molecule has 1 aromatic heterocycles. The van der Waals surface area contributed by atoms with Crippen molar-refractivity contribution in [3.8, 4) is 0 Å². The Bertz CT molecular complexity index is 1250. The minimum Gasteiger partial charge on any atom is -0.383 e. The fourth-order valence-electron chi connectivity index (χ4n) is 3.10. The highest BCUT2D eigenvalue weighted by Crippen LogP contribution is 2.21. The molecule has 2 amide bonds. The molecule has 0 spiro atoms. The summed E-state index contributed by atoms with van der Waals surface area (Å²) in [6.07, 6.45) is 0. The number of benzene rings is 2. The Morgan fingerprint density at radius 2 is 1.97 bits per heavy atom. The molecule has 2 aromatic carbocycles. The van der Waals surface area contributed by atoms with Crippen LogP contribution in [0.4, 0.5) is 5.69 Å². The lowest BCUT2D eigenvalue weighted by Crippen LogP contribution is -2.34. The van der Waals surface area contributed by atoms with E-state index in [2.05, 4.69) is 15.6 Å². The number of nitrogens with zero attached hydrogens (tertiary/aromatic N) is 2. The number of fused-ring (bicyclic) bond motifs is 1. The molecule has 0 atom stereocenters. The van der Waals surface area contributed by atoms with Crippen molar-refractivity contribution in [3.05, 3.63) is 62.9 Å². The van der Waals surface area contributed by atoms with E-state index in [1.54, 1.807) is 25.3 Å². The van der Waals surface area contributed by atoms with Gasteiger partial charge in [0.1, 0.15) is 0 Å². The first-order valence-corrected chi connectivity index (χ1v) is 11.6. The number of nitrogens with one attached hydrogen (secondary N) is 2. The molecule has 2 N–H and O–H groups in total. The van der Waals surface area contributed by atoms with Crippen LogP contribution in [-0.4, -0.2) is 47.4 Å². The van der Waals surface area contributed by atoms with Crippen LogP contribution in [0.3, 0.4) is 0 Å². The Morgan fingerprint density at radius 1 is 1.18 bits per heavy atom. The van der Waals surface area contributed by atoms with Gasteiger partial charge in [0, 0.05) is 17.8 Å². The molecule has 0 unspecified atom stereocenters. The largest absolute Gasteiger partial charge is 0.383 e. The SMILES string of the molecule is COCCn1c(SCC(=O)NCC(=O)Nc2cccc(C)c2C)nc2cc(Cl)ccc2c1=O. The molecule has 1 heterocycles. The van der Waals surface area contributed by atoms with E-state index >= 15 is 0 Å². The molecule has 0 aliphatic rings. The zero-order chi connectivity index (χ0) is 24.0. The number of methoxy groups -OCH3 is 1. The molecule has 0 aliphatic heterocycles. The molecule has 0 bridgehead atoms. The van der Waals surface area contributed by atoms with Crippen LogP contribution in [0.5, 0.6) is 0 Å². The first-order chi connectivity index (χ1) is 15.8. The number of carbonyl (C=O) groups is 2. The van der Waals surface area contributed by atoms with E-state index < -0.39 is 0 Å². The van der Waals surface area contributed by atoms with Crippen molar-refractivity contribution in [1.82, 2.24) is 14.9 Å². The van der Waals surface area contributed by atoms with Crippen molar-refractivity contribution in [2.24, 2.45) is 0 Å². The van der Waals surface area contributed by atoms with Crippen LogP contribution in [0.15, 0.2) is 46.3 Å². The summed E-state index contributed by atoms with van der Waals surface area (Å²) in [6, 6.07) is 10.5. The molecule has 0 saturated carbocycles. The molecule has 0 saturated heterocycles. The summed E-state index contributed by atoms with van der Waals surface area (Å²) in [4.78, 5) is 42.0. The van der Waals surface area contributed by atoms with Crippen LogP contribution in [-0.2, 0) is 20.9 Å². The maximum atomic E-state index is 12.9. The molecule has 3 aromatic rings. The van der Waals surface area contributed by atoms with Gasteiger partial charge in [0.05, 0.1) is 36.4 Å². The van der Waals surface area contributed by atoms with E-state index in [4.69, 9.17) is 16.3 Å². The van der Waals surface area contributed by atoms with Crippen LogP contribution < -0.4 is 16.2 Å². The maximum absolute atomic E-state index is 12.9. The van der Waals surface area contributed by atoms with Gasteiger partial charge in [-0.15, -0.1) is 0 Å². The van der Waals surface area contributed by atoms with Crippen LogP contribution in [0.1, 0.15) is 11.1 Å². The lowest BCUT2D eigenvalue weighted by molar-refractivity contribution is -0.122. The normalized spacial score (nSPS) is 10.9. The highest BCUT2D eigenvalue weighted by Gasteiger charge is 2.14. The molecule has 8 nitrogen and oxygen atoms in total. The van der Waals surface area contributed by atoms with E-state index in [9.17, 15) is 14.4 Å². The molecule has 3 rings (SSSR count). The third-order valence-corrected chi connectivity index (χ3v) is 6.27. The van der Waals surface area contributed by atoms with Crippen molar-refractivity contribution >= 4 is 51.8 Å². The van der Waals surface area contributed by atoms with E-state index in [1.165, 1.54) is 4.57 Å². The minimum absolute atomic E-state index is 0.0117. The average molecular weight is 489 g/mol. The molecule has 0 fully saturated rings. The summed E-state index contributed by atoms with van der Waals surface area (Å²) < 4.78 is 6.58. The van der Waals surface area contributed by atoms with Gasteiger partial charge in [-0.05, 0) is 49.2 Å². The summed E-state index contributed by atoms with van der Waals surface area (Å²) in [5, 5.41) is 6.68. The van der Waals surface area contributed by atoms with E-state index in [-0.39, 0.29) is 29.7 Å². The van der Waals surface area contributed by atoms with Crippen molar-refractivity contribution < 1.29 is 14.3 Å². The number of anilines is 1. The Balaban J connectivity index is 1.65. The molecule has 33 heavy (non-hydrogen) atoms. The number of ether oxygens (including phenoxy) is 1. The second kappa shape index (κ2) is 11.3. The number of thioether (sulfide) groups is 1. The fourth-order valence-corrected chi connectivity index (χ4v) is 4.13. The smallest absolute Gasteiger partial charge is 0.262 e. The van der Waals surface area contributed by atoms with Gasteiger partial charge in [-0.1, -0.05) is 35.5 Å². The Labute approximate surface area is 200 Å². The molecule has 174 valence electrons. The summed E-state index contributed by atoms with van der Waals surface area (Å²) in [7, 11) is 1.54. The van der Waals surface area contributed by atoms with E-state index in [0.717, 1.165) is 22.9 Å². The van der Waals surface area contributed by atoms with E-state index in [0.29, 0.717) is 39.9 Å². The van der Waals surface area contributed by atoms with Crippen molar-refractivity contribution in [2.75, 3.05) is 31.3 Å². The zero-order valence-corrected chi connectivity index (χ0v) is 20.2. The van der Waals surface area contributed by atoms with Gasteiger partial charge in [-0.25, -0.2) is 4.98 Å². The summed E-state index contributed by atoms with van der Waals surface area (Å²) in [6.45, 7) is 4.34. The lowest BCUT2D eigenvalue weighted by atomic mass is 10.1. The Morgan fingerprint density at radius 3 is 2.73 bits per heavy atom. The lowest BCUT2D eigenvalue weighted by Gasteiger charge is -2.13. The first-order valence-electron chi connectivity index (χ1n) is 10.2. The Hall–Kier alpha value is -2.88. The van der Waals surface area contributed by atoms with E-state index in [1.807, 2.05) is 32.0 Å². The number of amides is 2. The van der Waals surface area contributed by atoms with Gasteiger partial charge in [0.15, 0.2) is 5.16 Å². The van der Waals surface area contributed by atoms with Crippen LogP contribution in [0.2, 0.25) is 5.02 Å². The highest BCUT2D eigenvalue weighted by atomic mass is 35.5. The topological polar surface area (TPSA) is 102 Å². The first kappa shape index (κ1) is 24.8. The standard InChI is InChI=1S/C23H25ClN4O4S/c1-14-5-4-6-18(15(14)2)26-20(29)12-25-21(30)13-33-23-27-19-11-16(24)7-8-17(19)22(31)28(23)9-10-32-3/h4-8,11H,9-10,12-13H2,1-3H3,(H,25,30)(H,26,29). The third-order valence-electron chi connectivity index (χ3n) is 5.06. The zero-order valence-electron chi connectivity index (χ0n) is 18.6. The summed E-state index contributed by atoms with van der Waals surface area (Å²) in [5.41, 5.74) is 2.98. The molecule has 0 aliphatic carbocycles. The van der Waals surface area contributed by atoms with Gasteiger partial charge in [0.25, 0.3) is 5.56 Å². The fraction of sp³-hybridized carbons (Fsp3) is 0.304. The quantitative estimate of drug-likeness (QED) is 0.354. The van der Waals surface area contributed by atoms with Crippen molar-refractivity contribution in [1.29, 1.82) is 0 Å². The van der Waals surface area contributed by atoms with Gasteiger partial charge < -0.3 is 15.4 Å². The number of hydrogen-bond donors (Lipinski definition) is 2. The highest BCUT2D eigenvalue weighted by molar-refractivity contribution is 7.99. The second-order valence-corrected chi connectivity index (χ2v) is 8.75. The van der Waals surface area contributed by atoms with Gasteiger partial charge in [-0.3, -0.25) is 19.0 Å². The molecular weight excluding hydrogens is 464 g/mol. The molecule has 0 radical (unpaired) electrons. The summed E-state index contributed by atoms with van der Waals surface area (Å²) >= 11 is 7.15. The van der Waals surface area contributed by atoms with Crippen molar-refractivity contribution in [3.63, 3.8) is 0 Å². The molecule has 10 heteroatoms. The number of hydrogen-bond acceptors (Lipinski definition) is 6. The van der Waals surface area contributed by atoms with Gasteiger partial charge in [-0.2, -0.15) is 0 Å². The van der Waals surface area contributed by atoms with Crippen LogP contribution >= 0.6 is 23.4 Å². The minimum atomic E-state index is -0.352. The number of halogens is 1. The van der Waals surface area contributed by atoms with Crippen LogP contribution in [0, 0.1) is 13.8 Å². The third kappa shape index (κ3) is 6.34. The average Bonchev–Trinajstić information content (AvgIpc) is 2.78. The predicted octanol–water partition coefficient (Wildman–Crippen LogP) is 3.16. The van der Waals surface area contributed by atoms with Crippen LogP contribution in [0.25, 0.3) is 10.9 Å². The predicted molar refractivity (Wildman–Crippen MR) is 131 cm³/mol.